The van der Waals surface area contributed by atoms with Gasteiger partial charge in [0, 0.05) is 27.5 Å². The van der Waals surface area contributed by atoms with Crippen LogP contribution in [0.3, 0.4) is 0 Å². The van der Waals surface area contributed by atoms with Crippen molar-refractivity contribution >= 4 is 251 Å². The molecule has 0 aromatic heterocycles. The van der Waals surface area contributed by atoms with Gasteiger partial charge in [0.1, 0.15) is 0 Å². The summed E-state index contributed by atoms with van der Waals surface area (Å²) in [5.74, 6) is 0. The summed E-state index contributed by atoms with van der Waals surface area (Å²) in [4.78, 5) is 51.1. The van der Waals surface area contributed by atoms with E-state index >= 15 is 0 Å². The molecule has 18 heavy (non-hydrogen) atoms. The SMILES string of the molecule is O=[Si]([O-])[O-].O=[Si]([O-])[O-].O=[Si]([O-])[O-].[Al+3].[Al+3].[Ba+2].[Ba+2].[H-].[H-].[H-].[H-].[H-].[H-].[H-].[H-].[Sr+2].[Sr+2]. The van der Waals surface area contributed by atoms with Crippen molar-refractivity contribution in [1.82, 2.24) is 0 Å². The van der Waals surface area contributed by atoms with Crippen LogP contribution in [0.2, 0.25) is 0 Å². The average molecular weight is 740 g/mol. The molecule has 0 aliphatic heterocycles. The van der Waals surface area contributed by atoms with Gasteiger partial charge >= 0.3 is 223 Å². The van der Waals surface area contributed by atoms with Crippen LogP contribution in [-0.2, 0) is 13.4 Å². The van der Waals surface area contributed by atoms with Gasteiger partial charge in [-0.1, -0.05) is 0 Å². The standard InChI is InChI=1S/2Al.2Ba.3O3Si.2Sr.8H/c;;;;3*1-4(2)3;;;;;;;;;;/q2*+3;2*+2;3*-2;2*+2;8*-1. The third-order valence-electron chi connectivity index (χ3n) is 0. The van der Waals surface area contributed by atoms with Gasteiger partial charge in [-0.2, -0.15) is 0 Å². The van der Waals surface area contributed by atoms with E-state index in [1.54, 1.807) is 0 Å². The van der Waals surface area contributed by atoms with Crippen molar-refractivity contribution in [2.24, 2.45) is 0 Å². The molecule has 0 aliphatic carbocycles. The van der Waals surface area contributed by atoms with Crippen LogP contribution < -0.4 is 28.8 Å². The Morgan fingerprint density at radius 3 is 0.556 bits per heavy atom. The van der Waals surface area contributed by atoms with Gasteiger partial charge in [-0.05, 0) is 0 Å². The molecule has 88 valence electrons. The molecule has 0 radical (unpaired) electrons. The third-order valence-corrected chi connectivity index (χ3v) is 0. The molecule has 0 unspecified atom stereocenters. The summed E-state index contributed by atoms with van der Waals surface area (Å²) in [6, 6.07) is 0. The molecule has 18 heteroatoms. The van der Waals surface area contributed by atoms with E-state index in [4.69, 9.17) is 42.2 Å². The maximum atomic E-state index is 8.52. The van der Waals surface area contributed by atoms with Gasteiger partial charge in [-0.3, -0.25) is 0 Å². The predicted octanol–water partition coefficient (Wildman–Crippen LogP) is -10.0. The summed E-state index contributed by atoms with van der Waals surface area (Å²) in [6.45, 7) is 0. The van der Waals surface area contributed by atoms with E-state index in [0.717, 1.165) is 0 Å². The Balaban J connectivity index is -0.00000000245. The Hall–Kier alpha value is 6.02. The molecule has 0 amide bonds. The minimum atomic E-state index is -3.63. The first-order valence-electron chi connectivity index (χ1n) is 1.84. The third kappa shape index (κ3) is 268. The van der Waals surface area contributed by atoms with Gasteiger partial charge in [0.25, 0.3) is 0 Å². The Labute approximate surface area is 296 Å². The van der Waals surface area contributed by atoms with Crippen LogP contribution in [0.1, 0.15) is 11.4 Å². The number of hydrogen-bond acceptors (Lipinski definition) is 9. The summed E-state index contributed by atoms with van der Waals surface area (Å²) in [6.07, 6.45) is 0. The zero-order chi connectivity index (χ0) is 10.7. The van der Waals surface area contributed by atoms with Crippen LogP contribution in [0.25, 0.3) is 0 Å². The van der Waals surface area contributed by atoms with E-state index in [-0.39, 0.29) is 235 Å². The van der Waals surface area contributed by atoms with E-state index in [0.29, 0.717) is 0 Å². The van der Waals surface area contributed by atoms with Crippen molar-refractivity contribution in [3.63, 3.8) is 0 Å². The topological polar surface area (TPSA) is 190 Å². The summed E-state index contributed by atoms with van der Waals surface area (Å²) in [5, 5.41) is 0. The molecule has 0 N–H and O–H groups in total. The first-order valence-corrected chi connectivity index (χ1v) is 5.51. The van der Waals surface area contributed by atoms with Crippen molar-refractivity contribution in [2.45, 2.75) is 0 Å². The zero-order valence-corrected chi connectivity index (χ0v) is 30.3. The summed E-state index contributed by atoms with van der Waals surface area (Å²) < 4.78 is 25.6. The van der Waals surface area contributed by atoms with Gasteiger partial charge in [0.2, 0.25) is 0 Å². The molecule has 0 saturated carbocycles. The molecule has 0 fully saturated rings. The molecule has 0 heterocycles. The number of rotatable bonds is 0. The monoisotopic (exact) mass is 742 g/mol. The normalized spacial score (nSPS) is 4.00. The summed E-state index contributed by atoms with van der Waals surface area (Å²) >= 11 is 0. The van der Waals surface area contributed by atoms with Crippen LogP contribution in [-0.4, -0.2) is 251 Å². The van der Waals surface area contributed by atoms with Crippen molar-refractivity contribution in [1.29, 1.82) is 0 Å². The molecule has 0 spiro atoms. The van der Waals surface area contributed by atoms with Crippen LogP contribution >= 0.6 is 0 Å². The van der Waals surface area contributed by atoms with E-state index in [1.165, 1.54) is 0 Å². The quantitative estimate of drug-likeness (QED) is 0.217. The Morgan fingerprint density at radius 2 is 0.556 bits per heavy atom. The Morgan fingerprint density at radius 1 is 0.556 bits per heavy atom. The fraction of sp³-hybridized carbons (Fsp3) is 0. The predicted molar refractivity (Wildman–Crippen MR) is 62.7 cm³/mol. The van der Waals surface area contributed by atoms with Crippen LogP contribution in [0.5, 0.6) is 0 Å². The van der Waals surface area contributed by atoms with Gasteiger partial charge in [0.15, 0.2) is 0 Å². The maximum Gasteiger partial charge on any atom is 3.00 e. The average Bonchev–Trinajstić information content (AvgIpc) is 1.54. The molecular formula is H8Al2Ba2O9Si3Sr2. The van der Waals surface area contributed by atoms with E-state index in [2.05, 4.69) is 0 Å². The van der Waals surface area contributed by atoms with E-state index < -0.39 is 27.5 Å². The largest absolute Gasteiger partial charge is 3.00 e. The van der Waals surface area contributed by atoms with Crippen molar-refractivity contribution in [2.75, 3.05) is 0 Å². The molecule has 0 aliphatic rings. The molecule has 0 atom stereocenters. The van der Waals surface area contributed by atoms with Crippen LogP contribution in [0.15, 0.2) is 0 Å². The first-order chi connectivity index (χ1) is 5.20. The maximum absolute atomic E-state index is 8.52. The first kappa shape index (κ1) is 56.4. The van der Waals surface area contributed by atoms with Gasteiger partial charge < -0.3 is 53.6 Å². The fourth-order valence-corrected chi connectivity index (χ4v) is 0. The van der Waals surface area contributed by atoms with Gasteiger partial charge in [-0.15, -0.1) is 0 Å². The second kappa shape index (κ2) is 49.5. The van der Waals surface area contributed by atoms with E-state index in [9.17, 15) is 0 Å². The Kier molecular flexibility index (Phi) is 155. The molecule has 9 nitrogen and oxygen atoms in total. The second-order valence-corrected chi connectivity index (χ2v) is 2.25. The van der Waals surface area contributed by atoms with Crippen molar-refractivity contribution < 1.29 is 53.6 Å². The molecular weight excluding hydrogens is 732 g/mol. The van der Waals surface area contributed by atoms with Crippen molar-refractivity contribution in [3.8, 4) is 0 Å². The minimum absolute atomic E-state index is 0. The number of hydrogen-bond donors (Lipinski definition) is 0. The smallest absolute Gasteiger partial charge is 1.00 e. The second-order valence-electron chi connectivity index (χ2n) is 0.750. The van der Waals surface area contributed by atoms with Crippen molar-refractivity contribution in [3.05, 3.63) is 0 Å². The summed E-state index contributed by atoms with van der Waals surface area (Å²) in [7, 11) is -10.9. The van der Waals surface area contributed by atoms with Gasteiger partial charge in [0.05, 0.1) is 0 Å². The van der Waals surface area contributed by atoms with E-state index in [1.807, 2.05) is 0 Å². The van der Waals surface area contributed by atoms with Gasteiger partial charge in [-0.25, -0.2) is 0 Å². The zero-order valence-electron chi connectivity index (χ0n) is 17.2. The molecule has 0 bridgehead atoms. The summed E-state index contributed by atoms with van der Waals surface area (Å²) in [5.41, 5.74) is 0. The minimum Gasteiger partial charge on any atom is -1.00 e. The fourth-order valence-electron chi connectivity index (χ4n) is 0. The molecule has 0 aromatic rings. The molecule has 0 rings (SSSR count). The molecule has 0 saturated heterocycles. The van der Waals surface area contributed by atoms with Crippen LogP contribution in [0, 0.1) is 0 Å². The van der Waals surface area contributed by atoms with Crippen LogP contribution in [0.4, 0.5) is 0 Å². The Bertz CT molecular complexity index is 157. The molecule has 0 aromatic carbocycles.